The fraction of sp³-hybridized carbons (Fsp3) is 0.348. The summed E-state index contributed by atoms with van der Waals surface area (Å²) >= 11 is 11.5. The number of amides is 1. The number of fused-ring (bicyclic) bond motifs is 2. The van der Waals surface area contributed by atoms with E-state index >= 15 is 0 Å². The van der Waals surface area contributed by atoms with Gasteiger partial charge < -0.3 is 24.3 Å². The van der Waals surface area contributed by atoms with Crippen LogP contribution in [-0.2, 0) is 11.3 Å². The summed E-state index contributed by atoms with van der Waals surface area (Å²) in [4.78, 5) is 32.9. The standard InChI is InChI=1S/C23H23ClN4O4S/c24-15-3-1-4-16(11-15)26-7-9-27(10-8-26)21(29)5-2-6-28-22(30)17-12-19-20(32-14-31-19)13-18(17)25-23(28)33/h1,3-4,11-13H,2,5-10,14H2,(H,25,33). The molecule has 0 bridgehead atoms. The predicted octanol–water partition coefficient (Wildman–Crippen LogP) is 3.57. The van der Waals surface area contributed by atoms with Gasteiger partial charge in [-0.3, -0.25) is 14.2 Å². The molecule has 0 atom stereocenters. The van der Waals surface area contributed by atoms with Crippen molar-refractivity contribution in [3.63, 3.8) is 0 Å². The molecular formula is C23H23ClN4O4S. The maximum Gasteiger partial charge on any atom is 0.262 e. The van der Waals surface area contributed by atoms with Gasteiger partial charge in [0.05, 0.1) is 10.9 Å². The van der Waals surface area contributed by atoms with Crippen molar-refractivity contribution >= 4 is 46.3 Å². The van der Waals surface area contributed by atoms with Crippen LogP contribution < -0.4 is 19.9 Å². The normalized spacial score (nSPS) is 15.3. The molecule has 1 amide bonds. The first-order valence-electron chi connectivity index (χ1n) is 10.8. The molecule has 1 saturated heterocycles. The van der Waals surface area contributed by atoms with Crippen LogP contribution in [0.15, 0.2) is 41.2 Å². The molecule has 1 aromatic heterocycles. The molecule has 0 spiro atoms. The van der Waals surface area contributed by atoms with Crippen LogP contribution in [-0.4, -0.2) is 53.3 Å². The van der Waals surface area contributed by atoms with Crippen LogP contribution in [0.2, 0.25) is 5.02 Å². The summed E-state index contributed by atoms with van der Waals surface area (Å²) in [5.74, 6) is 1.22. The number of nitrogens with zero attached hydrogens (tertiary/aromatic N) is 3. The first-order valence-corrected chi connectivity index (χ1v) is 11.6. The third-order valence-corrected chi connectivity index (χ3v) is 6.61. The van der Waals surface area contributed by atoms with E-state index in [1.807, 2.05) is 29.2 Å². The molecule has 0 unspecified atom stereocenters. The number of rotatable bonds is 5. The molecule has 172 valence electrons. The van der Waals surface area contributed by atoms with Gasteiger partial charge in [-0.2, -0.15) is 0 Å². The topological polar surface area (TPSA) is 79.8 Å². The Bertz CT molecular complexity index is 1330. The van der Waals surface area contributed by atoms with E-state index in [4.69, 9.17) is 33.3 Å². The third-order valence-electron chi connectivity index (χ3n) is 6.05. The van der Waals surface area contributed by atoms with Crippen molar-refractivity contribution in [3.05, 3.63) is 56.5 Å². The summed E-state index contributed by atoms with van der Waals surface area (Å²) in [6.45, 7) is 3.35. The second kappa shape index (κ2) is 9.07. The molecule has 1 N–H and O–H groups in total. The van der Waals surface area contributed by atoms with Gasteiger partial charge in [-0.05, 0) is 42.9 Å². The summed E-state index contributed by atoms with van der Waals surface area (Å²) in [5.41, 5.74) is 1.48. The maximum absolute atomic E-state index is 13.0. The van der Waals surface area contributed by atoms with Crippen LogP contribution in [0.1, 0.15) is 12.8 Å². The first kappa shape index (κ1) is 21.8. The lowest BCUT2D eigenvalue weighted by Crippen LogP contribution is -2.48. The number of piperazine rings is 1. The fourth-order valence-corrected chi connectivity index (χ4v) is 4.75. The molecule has 2 aliphatic heterocycles. The van der Waals surface area contributed by atoms with Gasteiger partial charge >= 0.3 is 0 Å². The lowest BCUT2D eigenvalue weighted by molar-refractivity contribution is -0.131. The number of benzene rings is 2. The fourth-order valence-electron chi connectivity index (χ4n) is 4.28. The summed E-state index contributed by atoms with van der Waals surface area (Å²) in [6.07, 6.45) is 0.887. The highest BCUT2D eigenvalue weighted by Crippen LogP contribution is 2.34. The number of aromatic amines is 1. The van der Waals surface area contributed by atoms with E-state index in [0.717, 1.165) is 18.8 Å². The Kier molecular flexibility index (Phi) is 5.99. The number of carbonyl (C=O) groups is 1. The number of anilines is 1. The number of halogens is 1. The van der Waals surface area contributed by atoms with Gasteiger partial charge in [-0.25, -0.2) is 0 Å². The van der Waals surface area contributed by atoms with Crippen molar-refractivity contribution in [2.75, 3.05) is 37.9 Å². The lowest BCUT2D eigenvalue weighted by Gasteiger charge is -2.36. The van der Waals surface area contributed by atoms with E-state index in [2.05, 4.69) is 9.88 Å². The molecule has 33 heavy (non-hydrogen) atoms. The summed E-state index contributed by atoms with van der Waals surface area (Å²) in [5, 5.41) is 1.19. The maximum atomic E-state index is 13.0. The third kappa shape index (κ3) is 4.43. The van der Waals surface area contributed by atoms with Gasteiger partial charge in [0.15, 0.2) is 16.3 Å². The van der Waals surface area contributed by atoms with Crippen LogP contribution in [0.4, 0.5) is 5.69 Å². The average molecular weight is 487 g/mol. The molecule has 10 heteroatoms. The molecule has 1 fully saturated rings. The number of hydrogen-bond donors (Lipinski definition) is 1. The first-order chi connectivity index (χ1) is 16.0. The number of carbonyl (C=O) groups excluding carboxylic acids is 1. The summed E-state index contributed by atoms with van der Waals surface area (Å²) in [6, 6.07) is 11.2. The largest absolute Gasteiger partial charge is 0.454 e. The second-order valence-electron chi connectivity index (χ2n) is 8.09. The Morgan fingerprint density at radius 2 is 1.85 bits per heavy atom. The molecule has 3 heterocycles. The highest BCUT2D eigenvalue weighted by molar-refractivity contribution is 7.71. The van der Waals surface area contributed by atoms with Crippen LogP contribution >= 0.6 is 23.8 Å². The monoisotopic (exact) mass is 486 g/mol. The molecule has 5 rings (SSSR count). The molecule has 8 nitrogen and oxygen atoms in total. The van der Waals surface area contributed by atoms with Crippen molar-refractivity contribution in [3.8, 4) is 11.5 Å². The van der Waals surface area contributed by atoms with Crippen molar-refractivity contribution < 1.29 is 14.3 Å². The van der Waals surface area contributed by atoms with E-state index in [-0.39, 0.29) is 18.3 Å². The van der Waals surface area contributed by atoms with E-state index in [1.165, 1.54) is 4.57 Å². The van der Waals surface area contributed by atoms with E-state index in [1.54, 1.807) is 12.1 Å². The molecule has 0 saturated carbocycles. The van der Waals surface area contributed by atoms with Gasteiger partial charge in [-0.1, -0.05) is 17.7 Å². The zero-order valence-electron chi connectivity index (χ0n) is 17.9. The zero-order chi connectivity index (χ0) is 22.9. The Morgan fingerprint density at radius 3 is 2.61 bits per heavy atom. The highest BCUT2D eigenvalue weighted by atomic mass is 35.5. The van der Waals surface area contributed by atoms with Crippen LogP contribution in [0.3, 0.4) is 0 Å². The van der Waals surface area contributed by atoms with Crippen molar-refractivity contribution in [2.45, 2.75) is 19.4 Å². The van der Waals surface area contributed by atoms with Crippen LogP contribution in [0, 0.1) is 4.77 Å². The minimum absolute atomic E-state index is 0.0906. The Balaban J connectivity index is 1.20. The van der Waals surface area contributed by atoms with Crippen LogP contribution in [0.5, 0.6) is 11.5 Å². The van der Waals surface area contributed by atoms with E-state index in [0.29, 0.717) is 64.7 Å². The number of aromatic nitrogens is 2. The summed E-state index contributed by atoms with van der Waals surface area (Å²) in [7, 11) is 0. The second-order valence-corrected chi connectivity index (χ2v) is 8.91. The Hall–Kier alpha value is -3.04. The Labute approximate surface area is 200 Å². The highest BCUT2D eigenvalue weighted by Gasteiger charge is 2.21. The SMILES string of the molecule is O=C(CCCn1c(=S)[nH]c2cc3c(cc2c1=O)OCO3)N1CCN(c2cccc(Cl)c2)CC1. The zero-order valence-corrected chi connectivity index (χ0v) is 19.5. The molecule has 0 aliphatic carbocycles. The molecule has 2 aliphatic rings. The van der Waals surface area contributed by atoms with E-state index < -0.39 is 0 Å². The van der Waals surface area contributed by atoms with Crippen molar-refractivity contribution in [1.29, 1.82) is 0 Å². The lowest BCUT2D eigenvalue weighted by atomic mass is 10.2. The van der Waals surface area contributed by atoms with Gasteiger partial charge in [0.2, 0.25) is 12.7 Å². The van der Waals surface area contributed by atoms with Crippen LogP contribution in [0.25, 0.3) is 10.9 Å². The van der Waals surface area contributed by atoms with Gasteiger partial charge in [0.1, 0.15) is 0 Å². The van der Waals surface area contributed by atoms with Gasteiger partial charge in [-0.15, -0.1) is 0 Å². The van der Waals surface area contributed by atoms with E-state index in [9.17, 15) is 9.59 Å². The van der Waals surface area contributed by atoms with Gasteiger partial charge in [0.25, 0.3) is 5.56 Å². The summed E-state index contributed by atoms with van der Waals surface area (Å²) < 4.78 is 12.6. The average Bonchev–Trinajstić information content (AvgIpc) is 3.27. The molecule has 3 aromatic rings. The van der Waals surface area contributed by atoms with Crippen molar-refractivity contribution in [1.82, 2.24) is 14.5 Å². The minimum atomic E-state index is -0.199. The van der Waals surface area contributed by atoms with Gasteiger partial charge in [0, 0.05) is 55.9 Å². The number of ether oxygens (including phenoxy) is 2. The smallest absolute Gasteiger partial charge is 0.262 e. The molecule has 0 radical (unpaired) electrons. The number of hydrogen-bond acceptors (Lipinski definition) is 6. The minimum Gasteiger partial charge on any atom is -0.454 e. The predicted molar refractivity (Wildman–Crippen MR) is 129 cm³/mol. The quantitative estimate of drug-likeness (QED) is 0.555. The number of H-pyrrole nitrogens is 1. The molecular weight excluding hydrogens is 464 g/mol. The Morgan fingerprint density at radius 1 is 1.09 bits per heavy atom. The van der Waals surface area contributed by atoms with Crippen molar-refractivity contribution in [2.24, 2.45) is 0 Å². The molecule has 2 aromatic carbocycles. The number of nitrogens with one attached hydrogen (secondary N) is 1.